The zero-order valence-electron chi connectivity index (χ0n) is 12.8. The van der Waals surface area contributed by atoms with E-state index >= 15 is 0 Å². The van der Waals surface area contributed by atoms with E-state index in [4.69, 9.17) is 4.74 Å². The largest absolute Gasteiger partial charge is 0.465 e. The van der Waals surface area contributed by atoms with E-state index in [0.29, 0.717) is 9.13 Å². The molecule has 0 spiro atoms. The number of hydrogen-bond donors (Lipinski definition) is 0. The summed E-state index contributed by atoms with van der Waals surface area (Å²) in [5, 5.41) is -1.36. The molecule has 0 saturated heterocycles. The van der Waals surface area contributed by atoms with Crippen LogP contribution in [0, 0.1) is 10.5 Å². The van der Waals surface area contributed by atoms with E-state index in [0.717, 1.165) is 5.56 Å². The first-order valence-corrected chi connectivity index (χ1v) is 9.72. The monoisotopic (exact) mass is 444 g/mol. The van der Waals surface area contributed by atoms with Crippen LogP contribution < -0.4 is 0 Å². The van der Waals surface area contributed by atoms with E-state index in [-0.39, 0.29) is 11.5 Å². The zero-order chi connectivity index (χ0) is 17.0. The predicted molar refractivity (Wildman–Crippen MR) is 96.9 cm³/mol. The van der Waals surface area contributed by atoms with Crippen molar-refractivity contribution in [3.05, 3.63) is 63.2 Å². The minimum absolute atomic E-state index is 0.107. The number of rotatable bonds is 5. The summed E-state index contributed by atoms with van der Waals surface area (Å²) in [6.07, 6.45) is 0. The van der Waals surface area contributed by atoms with Gasteiger partial charge in [0.15, 0.2) is 15.1 Å². The average molecular weight is 444 g/mol. The number of sulfone groups is 1. The number of ether oxygens (including phenoxy) is 1. The SMILES string of the molecule is CCOC(=O)C(c1cc(C)ccc1I)S(=O)(=O)c1ccccc1. The molecule has 4 nitrogen and oxygen atoms in total. The van der Waals surface area contributed by atoms with Crippen molar-refractivity contribution in [3.63, 3.8) is 0 Å². The summed E-state index contributed by atoms with van der Waals surface area (Å²) >= 11 is 2.04. The van der Waals surface area contributed by atoms with Gasteiger partial charge in [0.1, 0.15) is 0 Å². The number of halogens is 1. The fourth-order valence-electron chi connectivity index (χ4n) is 2.25. The van der Waals surface area contributed by atoms with Gasteiger partial charge in [0.2, 0.25) is 0 Å². The third-order valence-electron chi connectivity index (χ3n) is 3.32. The fourth-order valence-corrected chi connectivity index (χ4v) is 4.77. The molecule has 0 radical (unpaired) electrons. The highest BCUT2D eigenvalue weighted by atomic mass is 127. The van der Waals surface area contributed by atoms with Gasteiger partial charge in [0, 0.05) is 3.57 Å². The van der Waals surface area contributed by atoms with Crippen LogP contribution in [0.5, 0.6) is 0 Å². The van der Waals surface area contributed by atoms with Gasteiger partial charge in [-0.1, -0.05) is 35.9 Å². The van der Waals surface area contributed by atoms with E-state index in [1.807, 2.05) is 35.6 Å². The lowest BCUT2D eigenvalue weighted by Gasteiger charge is -2.18. The van der Waals surface area contributed by atoms with Gasteiger partial charge in [0.05, 0.1) is 11.5 Å². The van der Waals surface area contributed by atoms with Crippen molar-refractivity contribution in [1.82, 2.24) is 0 Å². The summed E-state index contributed by atoms with van der Waals surface area (Å²) in [6.45, 7) is 3.64. The summed E-state index contributed by atoms with van der Waals surface area (Å²) in [5.41, 5.74) is 1.34. The topological polar surface area (TPSA) is 60.4 Å². The highest BCUT2D eigenvalue weighted by Crippen LogP contribution is 2.33. The molecule has 2 rings (SSSR count). The Kier molecular flexibility index (Phi) is 5.80. The molecule has 2 aromatic carbocycles. The standard InChI is InChI=1S/C17H17IO4S/c1-3-22-17(19)16(14-11-12(2)9-10-15(14)18)23(20,21)13-7-5-4-6-8-13/h4-11,16H,3H2,1-2H3. The summed E-state index contributed by atoms with van der Waals surface area (Å²) in [5.74, 6) is -0.750. The van der Waals surface area contributed by atoms with Crippen molar-refractivity contribution in [3.8, 4) is 0 Å². The lowest BCUT2D eigenvalue weighted by atomic mass is 10.1. The van der Waals surface area contributed by atoms with Crippen molar-refractivity contribution >= 4 is 38.4 Å². The number of esters is 1. The second kappa shape index (κ2) is 7.44. The van der Waals surface area contributed by atoms with E-state index < -0.39 is 21.1 Å². The quantitative estimate of drug-likeness (QED) is 0.522. The normalized spacial score (nSPS) is 12.7. The molecule has 0 fully saturated rings. The van der Waals surface area contributed by atoms with Gasteiger partial charge < -0.3 is 4.74 Å². The van der Waals surface area contributed by atoms with Crippen LogP contribution in [0.4, 0.5) is 0 Å². The highest BCUT2D eigenvalue weighted by molar-refractivity contribution is 14.1. The van der Waals surface area contributed by atoms with E-state index in [1.54, 1.807) is 37.3 Å². The number of carbonyl (C=O) groups excluding carboxylic acids is 1. The van der Waals surface area contributed by atoms with Gasteiger partial charge in [-0.05, 0) is 60.2 Å². The second-order valence-corrected chi connectivity index (χ2v) is 8.21. The van der Waals surface area contributed by atoms with Gasteiger partial charge >= 0.3 is 5.97 Å². The second-order valence-electron chi connectivity index (χ2n) is 5.02. The Morgan fingerprint density at radius 2 is 1.83 bits per heavy atom. The molecule has 0 aromatic heterocycles. The molecule has 0 saturated carbocycles. The minimum Gasteiger partial charge on any atom is -0.465 e. The lowest BCUT2D eigenvalue weighted by molar-refractivity contribution is -0.142. The smallest absolute Gasteiger partial charge is 0.329 e. The maximum Gasteiger partial charge on any atom is 0.329 e. The summed E-state index contributed by atoms with van der Waals surface area (Å²) in [7, 11) is -3.89. The molecule has 0 aliphatic rings. The van der Waals surface area contributed by atoms with Gasteiger partial charge in [0.25, 0.3) is 0 Å². The number of hydrogen-bond acceptors (Lipinski definition) is 4. The van der Waals surface area contributed by atoms with Gasteiger partial charge in [-0.15, -0.1) is 0 Å². The summed E-state index contributed by atoms with van der Waals surface area (Å²) < 4.78 is 31.8. The van der Waals surface area contributed by atoms with Crippen LogP contribution in [0.25, 0.3) is 0 Å². The van der Waals surface area contributed by atoms with Crippen LogP contribution in [0.2, 0.25) is 0 Å². The molecule has 122 valence electrons. The van der Waals surface area contributed by atoms with Crippen molar-refractivity contribution in [2.24, 2.45) is 0 Å². The fraction of sp³-hybridized carbons (Fsp3) is 0.235. The molecular weight excluding hydrogens is 427 g/mol. The molecule has 1 atom stereocenters. The molecule has 0 heterocycles. The summed E-state index contributed by atoms with van der Waals surface area (Å²) in [4.78, 5) is 12.5. The van der Waals surface area contributed by atoms with Crippen LogP contribution in [0.3, 0.4) is 0 Å². The molecule has 23 heavy (non-hydrogen) atoms. The zero-order valence-corrected chi connectivity index (χ0v) is 15.8. The Balaban J connectivity index is 2.64. The third-order valence-corrected chi connectivity index (χ3v) is 6.30. The number of aryl methyl sites for hydroxylation is 1. The highest BCUT2D eigenvalue weighted by Gasteiger charge is 2.38. The maximum atomic E-state index is 13.0. The molecule has 0 bridgehead atoms. The van der Waals surface area contributed by atoms with Crippen molar-refractivity contribution in [2.45, 2.75) is 24.0 Å². The van der Waals surface area contributed by atoms with Crippen LogP contribution >= 0.6 is 22.6 Å². The Morgan fingerprint density at radius 1 is 1.17 bits per heavy atom. The molecule has 6 heteroatoms. The Bertz CT molecular complexity index is 801. The maximum absolute atomic E-state index is 13.0. The van der Waals surface area contributed by atoms with E-state index in [2.05, 4.69) is 0 Å². The molecule has 2 aromatic rings. The van der Waals surface area contributed by atoms with Crippen LogP contribution in [0.1, 0.15) is 23.3 Å². The molecule has 0 aliphatic carbocycles. The molecule has 0 aliphatic heterocycles. The van der Waals surface area contributed by atoms with E-state index in [1.165, 1.54) is 12.1 Å². The van der Waals surface area contributed by atoms with Gasteiger partial charge in [-0.3, -0.25) is 4.79 Å². The molecule has 0 N–H and O–H groups in total. The van der Waals surface area contributed by atoms with Crippen molar-refractivity contribution in [2.75, 3.05) is 6.61 Å². The predicted octanol–water partition coefficient (Wildman–Crippen LogP) is 3.68. The first-order chi connectivity index (χ1) is 10.9. The Hall–Kier alpha value is -1.41. The molecule has 1 unspecified atom stereocenters. The lowest BCUT2D eigenvalue weighted by Crippen LogP contribution is -2.25. The van der Waals surface area contributed by atoms with Gasteiger partial charge in [-0.2, -0.15) is 0 Å². The number of benzene rings is 2. The Morgan fingerprint density at radius 3 is 2.43 bits per heavy atom. The average Bonchev–Trinajstić information content (AvgIpc) is 2.52. The van der Waals surface area contributed by atoms with E-state index in [9.17, 15) is 13.2 Å². The Labute approximate surface area is 149 Å². The molecule has 0 amide bonds. The summed E-state index contributed by atoms with van der Waals surface area (Å²) in [6, 6.07) is 13.4. The first-order valence-electron chi connectivity index (χ1n) is 7.09. The van der Waals surface area contributed by atoms with Crippen molar-refractivity contribution < 1.29 is 17.9 Å². The van der Waals surface area contributed by atoms with Crippen molar-refractivity contribution in [1.29, 1.82) is 0 Å². The van der Waals surface area contributed by atoms with Crippen LogP contribution in [-0.2, 0) is 19.4 Å². The van der Waals surface area contributed by atoms with Gasteiger partial charge in [-0.25, -0.2) is 8.42 Å². The molecular formula is C17H17IO4S. The van der Waals surface area contributed by atoms with Crippen LogP contribution in [0.15, 0.2) is 53.4 Å². The minimum atomic E-state index is -3.89. The third kappa shape index (κ3) is 3.92. The van der Waals surface area contributed by atoms with Crippen LogP contribution in [-0.4, -0.2) is 21.0 Å². The first kappa shape index (κ1) is 17.9. The number of carbonyl (C=O) groups is 1.